The average molecular weight is 288 g/mol. The summed E-state index contributed by atoms with van der Waals surface area (Å²) in [7, 11) is -3.00. The summed E-state index contributed by atoms with van der Waals surface area (Å²) in [5, 5.41) is 1.57. The Morgan fingerprint density at radius 1 is 1.24 bits per heavy atom. The number of rotatable bonds is 3. The molecular weight excluding hydrogens is 277 g/mol. The summed E-state index contributed by atoms with van der Waals surface area (Å²) in [5.74, 6) is 0.00846. The third-order valence-electron chi connectivity index (χ3n) is 3.40. The standard InChI is InChI=1S/C15H11BF2O3/c1-9(19)12-8-20-13-7-6-10-4-2-3-5-11(10)14(13)15(12)21-16(17)18/h2-7H,8H2,1H3. The van der Waals surface area contributed by atoms with Crippen LogP contribution in [-0.2, 0) is 9.45 Å². The van der Waals surface area contributed by atoms with Crippen LogP contribution in [0.25, 0.3) is 16.5 Å². The Labute approximate surface area is 120 Å². The molecule has 0 aromatic heterocycles. The van der Waals surface area contributed by atoms with Crippen molar-refractivity contribution in [1.82, 2.24) is 0 Å². The monoisotopic (exact) mass is 288 g/mol. The predicted octanol–water partition coefficient (Wildman–Crippen LogP) is 3.47. The zero-order valence-electron chi connectivity index (χ0n) is 11.2. The van der Waals surface area contributed by atoms with Crippen molar-refractivity contribution in [3.63, 3.8) is 0 Å². The second-order valence-electron chi connectivity index (χ2n) is 4.69. The molecule has 0 atom stereocenters. The Hall–Kier alpha value is -2.37. The van der Waals surface area contributed by atoms with Crippen molar-refractivity contribution in [3.05, 3.63) is 47.5 Å². The predicted molar refractivity (Wildman–Crippen MR) is 76.1 cm³/mol. The minimum atomic E-state index is -3.00. The summed E-state index contributed by atoms with van der Waals surface area (Å²) in [6, 6.07) is 10.8. The van der Waals surface area contributed by atoms with Gasteiger partial charge in [0, 0.05) is 0 Å². The molecule has 0 amide bonds. The molecule has 0 fully saturated rings. The van der Waals surface area contributed by atoms with E-state index in [2.05, 4.69) is 4.65 Å². The number of halogens is 2. The van der Waals surface area contributed by atoms with E-state index in [9.17, 15) is 13.4 Å². The molecule has 0 spiro atoms. The molecule has 1 heterocycles. The lowest BCUT2D eigenvalue weighted by atomic mass is 9.96. The Kier molecular flexibility index (Phi) is 3.37. The zero-order valence-corrected chi connectivity index (χ0v) is 11.2. The molecule has 0 saturated heterocycles. The van der Waals surface area contributed by atoms with E-state index in [0.29, 0.717) is 16.7 Å². The summed E-state index contributed by atoms with van der Waals surface area (Å²) in [4.78, 5) is 11.7. The number of benzene rings is 2. The molecule has 0 aliphatic carbocycles. The van der Waals surface area contributed by atoms with Crippen molar-refractivity contribution in [1.29, 1.82) is 0 Å². The van der Waals surface area contributed by atoms with Gasteiger partial charge in [0.25, 0.3) is 0 Å². The van der Waals surface area contributed by atoms with Gasteiger partial charge in [-0.25, -0.2) is 8.63 Å². The van der Waals surface area contributed by atoms with Gasteiger partial charge < -0.3 is 9.39 Å². The van der Waals surface area contributed by atoms with E-state index >= 15 is 0 Å². The molecule has 0 radical (unpaired) electrons. The topological polar surface area (TPSA) is 35.5 Å². The van der Waals surface area contributed by atoms with Crippen LogP contribution in [0.15, 0.2) is 42.0 Å². The number of carbonyl (C=O) groups excluding carboxylic acids is 1. The third kappa shape index (κ3) is 2.37. The van der Waals surface area contributed by atoms with E-state index < -0.39 is 7.47 Å². The number of Topliss-reactive ketones (excluding diaryl/α,β-unsaturated/α-hetero) is 1. The van der Waals surface area contributed by atoms with E-state index in [4.69, 9.17) is 4.74 Å². The first-order valence-electron chi connectivity index (χ1n) is 6.41. The lowest BCUT2D eigenvalue weighted by Crippen LogP contribution is -2.20. The maximum atomic E-state index is 12.7. The van der Waals surface area contributed by atoms with Gasteiger partial charge in [0.05, 0.1) is 11.1 Å². The van der Waals surface area contributed by atoms with Crippen molar-refractivity contribution < 1.29 is 22.8 Å². The summed E-state index contributed by atoms with van der Waals surface area (Å²) in [5.41, 5.74) is 0.531. The normalized spacial score (nSPS) is 13.7. The van der Waals surface area contributed by atoms with Crippen LogP contribution < -0.4 is 4.74 Å². The van der Waals surface area contributed by atoms with Crippen LogP contribution in [0.3, 0.4) is 0 Å². The van der Waals surface area contributed by atoms with Gasteiger partial charge in [0.1, 0.15) is 18.1 Å². The molecule has 2 aromatic carbocycles. The zero-order chi connectivity index (χ0) is 15.0. The molecule has 0 bridgehead atoms. The van der Waals surface area contributed by atoms with Crippen molar-refractivity contribution in [2.45, 2.75) is 6.92 Å². The minimum absolute atomic E-state index is 0.0667. The van der Waals surface area contributed by atoms with Gasteiger partial charge >= 0.3 is 7.47 Å². The van der Waals surface area contributed by atoms with E-state index in [1.165, 1.54) is 6.92 Å². The molecule has 1 aliphatic heterocycles. The van der Waals surface area contributed by atoms with E-state index in [1.807, 2.05) is 18.2 Å². The molecular formula is C15H11BF2O3. The van der Waals surface area contributed by atoms with E-state index in [1.54, 1.807) is 18.2 Å². The smallest absolute Gasteiger partial charge is 0.504 e. The van der Waals surface area contributed by atoms with Crippen molar-refractivity contribution in [3.8, 4) is 5.75 Å². The highest BCUT2D eigenvalue weighted by atomic mass is 19.2. The summed E-state index contributed by atoms with van der Waals surface area (Å²) in [6.45, 7) is 1.24. The number of ketones is 1. The molecule has 0 N–H and O–H groups in total. The lowest BCUT2D eigenvalue weighted by Gasteiger charge is -2.24. The first-order chi connectivity index (χ1) is 10.1. The summed E-state index contributed by atoms with van der Waals surface area (Å²) in [6.07, 6.45) is 0. The van der Waals surface area contributed by atoms with Crippen molar-refractivity contribution >= 4 is 29.8 Å². The SMILES string of the molecule is CC(=O)C1=C(OB(F)F)c2c(ccc3ccccc23)OC1. The first-order valence-corrected chi connectivity index (χ1v) is 6.41. The van der Waals surface area contributed by atoms with Crippen LogP contribution in [0.5, 0.6) is 5.75 Å². The van der Waals surface area contributed by atoms with Crippen molar-refractivity contribution in [2.24, 2.45) is 0 Å². The maximum absolute atomic E-state index is 12.7. The molecule has 6 heteroatoms. The number of ether oxygens (including phenoxy) is 1. The fourth-order valence-corrected chi connectivity index (χ4v) is 2.45. The summed E-state index contributed by atoms with van der Waals surface area (Å²) < 4.78 is 35.6. The number of hydrogen-bond donors (Lipinski definition) is 0. The fraction of sp³-hybridized carbons (Fsp3) is 0.133. The second-order valence-corrected chi connectivity index (χ2v) is 4.69. The van der Waals surface area contributed by atoms with Crippen LogP contribution in [0.1, 0.15) is 12.5 Å². The molecule has 3 nitrogen and oxygen atoms in total. The van der Waals surface area contributed by atoms with Gasteiger partial charge in [-0.05, 0) is 23.8 Å². The Bertz CT molecular complexity index is 756. The lowest BCUT2D eigenvalue weighted by molar-refractivity contribution is -0.114. The largest absolute Gasteiger partial charge is 0.796 e. The quantitative estimate of drug-likeness (QED) is 0.811. The van der Waals surface area contributed by atoms with Gasteiger partial charge in [-0.1, -0.05) is 30.3 Å². The Balaban J connectivity index is 2.31. The highest BCUT2D eigenvalue weighted by molar-refractivity contribution is 6.36. The third-order valence-corrected chi connectivity index (χ3v) is 3.40. The second kappa shape index (κ2) is 5.20. The maximum Gasteiger partial charge on any atom is 0.796 e. The van der Waals surface area contributed by atoms with Crippen LogP contribution >= 0.6 is 0 Å². The van der Waals surface area contributed by atoms with Gasteiger partial charge in [-0.15, -0.1) is 0 Å². The molecule has 0 saturated carbocycles. The molecule has 3 rings (SSSR count). The number of hydrogen-bond acceptors (Lipinski definition) is 3. The van der Waals surface area contributed by atoms with Crippen LogP contribution in [0.4, 0.5) is 8.63 Å². The summed E-state index contributed by atoms with van der Waals surface area (Å²) >= 11 is 0. The van der Waals surface area contributed by atoms with E-state index in [-0.39, 0.29) is 23.7 Å². The van der Waals surface area contributed by atoms with E-state index in [0.717, 1.165) is 5.39 Å². The molecule has 0 unspecified atom stereocenters. The Morgan fingerprint density at radius 3 is 2.71 bits per heavy atom. The number of fused-ring (bicyclic) bond motifs is 3. The highest BCUT2D eigenvalue weighted by Gasteiger charge is 2.30. The van der Waals surface area contributed by atoms with Gasteiger partial charge in [-0.2, -0.15) is 0 Å². The van der Waals surface area contributed by atoms with Crippen LogP contribution in [-0.4, -0.2) is 19.9 Å². The minimum Gasteiger partial charge on any atom is -0.504 e. The Morgan fingerprint density at radius 2 is 2.00 bits per heavy atom. The van der Waals surface area contributed by atoms with Gasteiger partial charge in [-0.3, -0.25) is 4.79 Å². The molecule has 21 heavy (non-hydrogen) atoms. The van der Waals surface area contributed by atoms with Crippen LogP contribution in [0.2, 0.25) is 0 Å². The first kappa shape index (κ1) is 13.6. The number of carbonyl (C=O) groups is 1. The van der Waals surface area contributed by atoms with Crippen LogP contribution in [0, 0.1) is 0 Å². The van der Waals surface area contributed by atoms with Gasteiger partial charge in [0.15, 0.2) is 5.78 Å². The average Bonchev–Trinajstić information content (AvgIpc) is 2.46. The molecule has 2 aromatic rings. The highest BCUT2D eigenvalue weighted by Crippen LogP contribution is 2.39. The van der Waals surface area contributed by atoms with Gasteiger partial charge in [0.2, 0.25) is 0 Å². The molecule has 106 valence electrons. The molecule has 1 aliphatic rings. The fourth-order valence-electron chi connectivity index (χ4n) is 2.45. The van der Waals surface area contributed by atoms with Crippen molar-refractivity contribution in [2.75, 3.05) is 6.61 Å².